The summed E-state index contributed by atoms with van der Waals surface area (Å²) in [6.45, 7) is 6.23. The molecule has 19 heavy (non-hydrogen) atoms. The van der Waals surface area contributed by atoms with Crippen molar-refractivity contribution in [1.29, 1.82) is 0 Å². The first-order chi connectivity index (χ1) is 8.84. The second-order valence-electron chi connectivity index (χ2n) is 5.16. The third kappa shape index (κ3) is 4.20. The molecule has 0 radical (unpaired) electrons. The molecule has 5 heteroatoms. The lowest BCUT2D eigenvalue weighted by Gasteiger charge is -2.17. The van der Waals surface area contributed by atoms with Crippen molar-refractivity contribution in [1.82, 2.24) is 9.97 Å². The van der Waals surface area contributed by atoms with Crippen LogP contribution in [0.1, 0.15) is 26.6 Å². The van der Waals surface area contributed by atoms with Crippen LogP contribution in [0.2, 0.25) is 5.15 Å². The summed E-state index contributed by atoms with van der Waals surface area (Å²) in [5, 5.41) is 1.35. The van der Waals surface area contributed by atoms with Gasteiger partial charge in [0.05, 0.1) is 0 Å². The molecule has 0 bridgehead atoms. The molecule has 0 amide bonds. The fourth-order valence-electron chi connectivity index (χ4n) is 1.41. The van der Waals surface area contributed by atoms with Gasteiger partial charge in [0.25, 0.3) is 0 Å². The van der Waals surface area contributed by atoms with Gasteiger partial charge in [-0.1, -0.05) is 60.1 Å². The lowest BCUT2D eigenvalue weighted by molar-refractivity contribution is 0.538. The first-order valence-electron chi connectivity index (χ1n) is 5.83. The summed E-state index contributed by atoms with van der Waals surface area (Å²) in [5.41, 5.74) is -0.111. The molecular weight excluding hydrogens is 344 g/mol. The Morgan fingerprint density at radius 1 is 1.11 bits per heavy atom. The highest BCUT2D eigenvalue weighted by Gasteiger charge is 2.19. The summed E-state index contributed by atoms with van der Waals surface area (Å²) in [7, 11) is 0. The highest BCUT2D eigenvalue weighted by molar-refractivity contribution is 9.10. The van der Waals surface area contributed by atoms with Gasteiger partial charge in [0.2, 0.25) is 0 Å². The Bertz CT molecular complexity index is 579. The Hall–Kier alpha value is -0.580. The largest absolute Gasteiger partial charge is 0.226 e. The average molecular weight is 358 g/mol. The standard InChI is InChI=1S/C14H14BrClN2S/c1-14(2,3)13-17-11(16)8-12(18-13)19-10-6-4-9(15)5-7-10/h4-8H,1-3H3. The smallest absolute Gasteiger partial charge is 0.136 e. The van der Waals surface area contributed by atoms with Crippen LogP contribution in [0, 0.1) is 0 Å². The predicted octanol–water partition coefficient (Wildman–Crippen LogP) is 5.34. The lowest BCUT2D eigenvalue weighted by atomic mass is 9.96. The quantitative estimate of drug-likeness (QED) is 0.678. The number of aromatic nitrogens is 2. The summed E-state index contributed by atoms with van der Waals surface area (Å²) in [4.78, 5) is 10.00. The first-order valence-corrected chi connectivity index (χ1v) is 7.82. The normalized spacial score (nSPS) is 11.6. The second kappa shape index (κ2) is 5.81. The van der Waals surface area contributed by atoms with E-state index in [-0.39, 0.29) is 5.41 Å². The third-order valence-corrected chi connectivity index (χ3v) is 4.03. The van der Waals surface area contributed by atoms with E-state index in [9.17, 15) is 0 Å². The van der Waals surface area contributed by atoms with Gasteiger partial charge in [-0.05, 0) is 24.3 Å². The molecule has 1 aromatic heterocycles. The monoisotopic (exact) mass is 356 g/mol. The summed E-state index contributed by atoms with van der Waals surface area (Å²) in [6.07, 6.45) is 0. The van der Waals surface area contributed by atoms with Crippen LogP contribution in [0.4, 0.5) is 0 Å². The van der Waals surface area contributed by atoms with Gasteiger partial charge in [0, 0.05) is 20.8 Å². The fourth-order valence-corrected chi connectivity index (χ4v) is 2.74. The maximum atomic E-state index is 6.08. The van der Waals surface area contributed by atoms with Crippen molar-refractivity contribution in [2.45, 2.75) is 36.1 Å². The highest BCUT2D eigenvalue weighted by atomic mass is 79.9. The first kappa shape index (κ1) is 14.8. The van der Waals surface area contributed by atoms with E-state index in [0.717, 1.165) is 20.2 Å². The number of benzene rings is 1. The molecule has 0 unspecified atom stereocenters. The predicted molar refractivity (Wildman–Crippen MR) is 84.0 cm³/mol. The molecule has 0 saturated carbocycles. The van der Waals surface area contributed by atoms with Gasteiger partial charge in [-0.25, -0.2) is 9.97 Å². The minimum Gasteiger partial charge on any atom is -0.226 e. The van der Waals surface area contributed by atoms with Crippen LogP contribution in [-0.2, 0) is 5.41 Å². The lowest BCUT2D eigenvalue weighted by Crippen LogP contribution is -2.16. The van der Waals surface area contributed by atoms with Gasteiger partial charge < -0.3 is 0 Å². The van der Waals surface area contributed by atoms with Gasteiger partial charge >= 0.3 is 0 Å². The topological polar surface area (TPSA) is 25.8 Å². The van der Waals surface area contributed by atoms with Crippen molar-refractivity contribution < 1.29 is 0 Å². The molecule has 1 aromatic carbocycles. The van der Waals surface area contributed by atoms with Gasteiger partial charge in [-0.3, -0.25) is 0 Å². The molecule has 2 aromatic rings. The van der Waals surface area contributed by atoms with Crippen LogP contribution in [-0.4, -0.2) is 9.97 Å². The van der Waals surface area contributed by atoms with E-state index in [1.807, 2.05) is 24.3 Å². The average Bonchev–Trinajstić information content (AvgIpc) is 2.30. The number of nitrogens with zero attached hydrogens (tertiary/aromatic N) is 2. The Kier molecular flexibility index (Phi) is 4.54. The van der Waals surface area contributed by atoms with Crippen molar-refractivity contribution in [2.75, 3.05) is 0 Å². The zero-order valence-electron chi connectivity index (χ0n) is 10.9. The van der Waals surface area contributed by atoms with Gasteiger partial charge in [-0.2, -0.15) is 0 Å². The van der Waals surface area contributed by atoms with E-state index in [4.69, 9.17) is 11.6 Å². The molecular formula is C14H14BrClN2S. The Morgan fingerprint density at radius 2 is 1.74 bits per heavy atom. The molecule has 2 rings (SSSR count). The summed E-state index contributed by atoms with van der Waals surface area (Å²) >= 11 is 11.1. The van der Waals surface area contributed by atoms with Crippen molar-refractivity contribution in [2.24, 2.45) is 0 Å². The molecule has 0 aliphatic heterocycles. The minimum absolute atomic E-state index is 0.111. The Morgan fingerprint density at radius 3 is 2.32 bits per heavy atom. The van der Waals surface area contributed by atoms with Crippen LogP contribution in [0.25, 0.3) is 0 Å². The minimum atomic E-state index is -0.111. The molecule has 0 fully saturated rings. The van der Waals surface area contributed by atoms with Crippen LogP contribution in [0.5, 0.6) is 0 Å². The highest BCUT2D eigenvalue weighted by Crippen LogP contribution is 2.30. The second-order valence-corrected chi connectivity index (χ2v) is 7.56. The van der Waals surface area contributed by atoms with E-state index in [1.54, 1.807) is 17.8 Å². The molecule has 0 N–H and O–H groups in total. The van der Waals surface area contributed by atoms with Crippen molar-refractivity contribution in [3.63, 3.8) is 0 Å². The molecule has 0 aliphatic rings. The van der Waals surface area contributed by atoms with Crippen molar-refractivity contribution >= 4 is 39.3 Å². The number of hydrogen-bond acceptors (Lipinski definition) is 3. The third-order valence-electron chi connectivity index (χ3n) is 2.38. The van der Waals surface area contributed by atoms with Gasteiger partial charge in [0.15, 0.2) is 0 Å². The van der Waals surface area contributed by atoms with Crippen LogP contribution in [0.3, 0.4) is 0 Å². The molecule has 100 valence electrons. The summed E-state index contributed by atoms with van der Waals surface area (Å²) in [6, 6.07) is 9.90. The molecule has 1 heterocycles. The SMILES string of the molecule is CC(C)(C)c1nc(Cl)cc(Sc2ccc(Br)cc2)n1. The molecule has 0 spiro atoms. The number of halogens is 2. The Labute approximate surface area is 131 Å². The van der Waals surface area contributed by atoms with Crippen molar-refractivity contribution in [3.8, 4) is 0 Å². The van der Waals surface area contributed by atoms with E-state index >= 15 is 0 Å². The van der Waals surface area contributed by atoms with E-state index in [0.29, 0.717) is 5.15 Å². The zero-order valence-corrected chi connectivity index (χ0v) is 14.1. The number of rotatable bonds is 2. The van der Waals surface area contributed by atoms with E-state index in [2.05, 4.69) is 46.7 Å². The summed E-state index contributed by atoms with van der Waals surface area (Å²) < 4.78 is 1.06. The number of hydrogen-bond donors (Lipinski definition) is 0. The van der Waals surface area contributed by atoms with Crippen LogP contribution in [0.15, 0.2) is 44.7 Å². The van der Waals surface area contributed by atoms with Crippen LogP contribution < -0.4 is 0 Å². The van der Waals surface area contributed by atoms with Gasteiger partial charge in [-0.15, -0.1) is 0 Å². The molecule has 0 saturated heterocycles. The Balaban J connectivity index is 2.30. The maximum absolute atomic E-state index is 6.08. The zero-order chi connectivity index (χ0) is 14.0. The molecule has 0 aliphatic carbocycles. The van der Waals surface area contributed by atoms with Crippen LogP contribution >= 0.6 is 39.3 Å². The molecule has 2 nitrogen and oxygen atoms in total. The van der Waals surface area contributed by atoms with Gasteiger partial charge in [0.1, 0.15) is 16.0 Å². The van der Waals surface area contributed by atoms with Crippen molar-refractivity contribution in [3.05, 3.63) is 45.8 Å². The molecule has 0 atom stereocenters. The summed E-state index contributed by atoms with van der Waals surface area (Å²) in [5.74, 6) is 0.764. The van der Waals surface area contributed by atoms with E-state index < -0.39 is 0 Å². The maximum Gasteiger partial charge on any atom is 0.136 e. The fraction of sp³-hybridized carbons (Fsp3) is 0.286. The van der Waals surface area contributed by atoms with E-state index in [1.165, 1.54) is 0 Å².